The number of anilines is 1. The van der Waals surface area contributed by atoms with Crippen molar-refractivity contribution in [2.45, 2.75) is 44.2 Å². The Hall–Kier alpha value is -3.27. The third-order valence-electron chi connectivity index (χ3n) is 6.23. The van der Waals surface area contributed by atoms with Crippen molar-refractivity contribution >= 4 is 50.7 Å². The van der Waals surface area contributed by atoms with Crippen molar-refractivity contribution in [3.8, 4) is 5.75 Å². The number of halogens is 2. The lowest BCUT2D eigenvalue weighted by Gasteiger charge is -2.33. The topological polar surface area (TPSA) is 96.0 Å². The fourth-order valence-electron chi connectivity index (χ4n) is 4.17. The van der Waals surface area contributed by atoms with Crippen molar-refractivity contribution in [2.75, 3.05) is 24.5 Å². The monoisotopic (exact) mass is 605 g/mol. The molecule has 3 aromatic rings. The van der Waals surface area contributed by atoms with Gasteiger partial charge in [-0.25, -0.2) is 8.42 Å². The van der Waals surface area contributed by atoms with Gasteiger partial charge in [0, 0.05) is 13.1 Å². The predicted octanol–water partition coefficient (Wildman–Crippen LogP) is 5.53. The second-order valence-electron chi connectivity index (χ2n) is 8.99. The summed E-state index contributed by atoms with van der Waals surface area (Å²) in [6.45, 7) is 3.62. The van der Waals surface area contributed by atoms with E-state index in [0.717, 1.165) is 10.7 Å². The Balaban J connectivity index is 2.09. The fourth-order valence-corrected chi connectivity index (χ4v) is 6.07. The molecule has 0 spiro atoms. The quantitative estimate of drug-likeness (QED) is 0.276. The molecule has 1 N–H and O–H groups in total. The van der Waals surface area contributed by atoms with Crippen LogP contribution in [0.2, 0.25) is 10.0 Å². The first-order valence-corrected chi connectivity index (χ1v) is 15.1. The number of carbonyl (C=O) groups excluding carboxylic acids is 2. The summed E-state index contributed by atoms with van der Waals surface area (Å²) in [4.78, 5) is 28.6. The van der Waals surface area contributed by atoms with E-state index in [1.807, 2.05) is 13.0 Å². The molecular weight excluding hydrogens is 573 g/mol. The molecule has 0 unspecified atom stereocenters. The molecule has 1 atom stereocenters. The number of hydrogen-bond donors (Lipinski definition) is 1. The number of hydrogen-bond acceptors (Lipinski definition) is 5. The molecule has 3 aromatic carbocycles. The number of amides is 2. The zero-order chi connectivity index (χ0) is 29.3. The second kappa shape index (κ2) is 14.4. The predicted molar refractivity (Wildman–Crippen MR) is 158 cm³/mol. The molecule has 0 bridgehead atoms. The Labute approximate surface area is 245 Å². The molecule has 0 radical (unpaired) electrons. The minimum atomic E-state index is -4.25. The van der Waals surface area contributed by atoms with Gasteiger partial charge < -0.3 is 15.0 Å². The summed E-state index contributed by atoms with van der Waals surface area (Å²) < 4.78 is 34.0. The number of sulfonamides is 1. The van der Waals surface area contributed by atoms with E-state index in [1.165, 1.54) is 36.3 Å². The Morgan fingerprint density at radius 3 is 2.33 bits per heavy atom. The van der Waals surface area contributed by atoms with Crippen LogP contribution in [0.1, 0.15) is 32.3 Å². The van der Waals surface area contributed by atoms with Crippen LogP contribution in [0.3, 0.4) is 0 Å². The SMILES string of the molecule is CCCNC(=O)[C@@H](CC)N(Cc1cccc(OC)c1)C(=O)CN(c1cccc(Cl)c1Cl)S(=O)(=O)c1ccccc1. The van der Waals surface area contributed by atoms with Gasteiger partial charge >= 0.3 is 0 Å². The van der Waals surface area contributed by atoms with Crippen LogP contribution in [0.15, 0.2) is 77.7 Å². The Bertz CT molecular complexity index is 1420. The van der Waals surface area contributed by atoms with E-state index >= 15 is 0 Å². The molecule has 0 aliphatic heterocycles. The highest BCUT2D eigenvalue weighted by Crippen LogP contribution is 2.35. The molecular formula is C29H33Cl2N3O5S. The van der Waals surface area contributed by atoms with Crippen LogP contribution in [0.25, 0.3) is 0 Å². The van der Waals surface area contributed by atoms with Crippen molar-refractivity contribution in [3.63, 3.8) is 0 Å². The van der Waals surface area contributed by atoms with E-state index in [1.54, 1.807) is 49.4 Å². The van der Waals surface area contributed by atoms with Crippen molar-refractivity contribution in [1.29, 1.82) is 0 Å². The van der Waals surface area contributed by atoms with Gasteiger partial charge in [-0.1, -0.05) is 73.4 Å². The molecule has 0 fully saturated rings. The molecule has 40 heavy (non-hydrogen) atoms. The average molecular weight is 607 g/mol. The highest BCUT2D eigenvalue weighted by Gasteiger charge is 2.34. The molecule has 214 valence electrons. The number of ether oxygens (including phenoxy) is 1. The van der Waals surface area contributed by atoms with Crippen molar-refractivity contribution in [1.82, 2.24) is 10.2 Å². The van der Waals surface area contributed by atoms with Crippen molar-refractivity contribution in [2.24, 2.45) is 0 Å². The smallest absolute Gasteiger partial charge is 0.264 e. The number of methoxy groups -OCH3 is 1. The summed E-state index contributed by atoms with van der Waals surface area (Å²) in [6, 6.07) is 18.6. The van der Waals surface area contributed by atoms with E-state index in [9.17, 15) is 18.0 Å². The Morgan fingerprint density at radius 1 is 0.975 bits per heavy atom. The fraction of sp³-hybridized carbons (Fsp3) is 0.310. The zero-order valence-corrected chi connectivity index (χ0v) is 25.0. The summed E-state index contributed by atoms with van der Waals surface area (Å²) in [5.74, 6) is -0.317. The number of rotatable bonds is 13. The lowest BCUT2D eigenvalue weighted by molar-refractivity contribution is -0.140. The van der Waals surface area contributed by atoms with E-state index in [-0.39, 0.29) is 33.1 Å². The number of benzene rings is 3. The van der Waals surface area contributed by atoms with Crippen molar-refractivity contribution in [3.05, 3.63) is 88.4 Å². The molecule has 2 amide bonds. The first-order valence-electron chi connectivity index (χ1n) is 12.9. The van der Waals surface area contributed by atoms with Crippen LogP contribution in [0.5, 0.6) is 5.75 Å². The van der Waals surface area contributed by atoms with Crippen LogP contribution in [0, 0.1) is 0 Å². The normalized spacial score (nSPS) is 11.9. The third-order valence-corrected chi connectivity index (χ3v) is 8.82. The molecule has 0 heterocycles. The maximum Gasteiger partial charge on any atom is 0.264 e. The first-order chi connectivity index (χ1) is 19.1. The van der Waals surface area contributed by atoms with E-state index in [0.29, 0.717) is 24.3 Å². The van der Waals surface area contributed by atoms with Crippen LogP contribution in [0.4, 0.5) is 5.69 Å². The van der Waals surface area contributed by atoms with Gasteiger partial charge in [0.1, 0.15) is 18.3 Å². The van der Waals surface area contributed by atoms with E-state index < -0.39 is 28.5 Å². The zero-order valence-electron chi connectivity index (χ0n) is 22.6. The minimum Gasteiger partial charge on any atom is -0.497 e. The van der Waals surface area contributed by atoms with Gasteiger partial charge in [0.15, 0.2) is 0 Å². The standard InChI is InChI=1S/C29H33Cl2N3O5S/c1-4-17-32-29(36)25(5-2)33(19-21-11-9-12-22(18-21)39-3)27(35)20-34(26-16-10-15-24(30)28(26)31)40(37,38)23-13-7-6-8-14-23/h6-16,18,25H,4-5,17,19-20H2,1-3H3,(H,32,36)/t25-/m1/s1. The average Bonchev–Trinajstić information content (AvgIpc) is 2.96. The van der Waals surface area contributed by atoms with Gasteiger partial charge in [-0.2, -0.15) is 0 Å². The summed E-state index contributed by atoms with van der Waals surface area (Å²) in [7, 11) is -2.71. The molecule has 0 saturated heterocycles. The lowest BCUT2D eigenvalue weighted by Crippen LogP contribution is -2.52. The summed E-state index contributed by atoms with van der Waals surface area (Å²) in [5.41, 5.74) is 0.767. The molecule has 0 aromatic heterocycles. The summed E-state index contributed by atoms with van der Waals surface area (Å²) in [5, 5.41) is 2.98. The van der Waals surface area contributed by atoms with Crippen LogP contribution in [-0.2, 0) is 26.2 Å². The maximum absolute atomic E-state index is 14.1. The number of nitrogens with zero attached hydrogens (tertiary/aromatic N) is 2. The van der Waals surface area contributed by atoms with Gasteiger partial charge in [0.05, 0.1) is 27.7 Å². The highest BCUT2D eigenvalue weighted by atomic mass is 35.5. The van der Waals surface area contributed by atoms with Crippen LogP contribution in [-0.4, -0.2) is 51.4 Å². The highest BCUT2D eigenvalue weighted by molar-refractivity contribution is 7.92. The third kappa shape index (κ3) is 7.47. The van der Waals surface area contributed by atoms with Crippen molar-refractivity contribution < 1.29 is 22.7 Å². The van der Waals surface area contributed by atoms with E-state index in [2.05, 4.69) is 5.32 Å². The molecule has 0 aliphatic rings. The lowest BCUT2D eigenvalue weighted by atomic mass is 10.1. The number of carbonyl (C=O) groups is 2. The van der Waals surface area contributed by atoms with E-state index in [4.69, 9.17) is 27.9 Å². The number of nitrogens with one attached hydrogen (secondary N) is 1. The van der Waals surface area contributed by atoms with Crippen LogP contribution < -0.4 is 14.4 Å². The Kier molecular flexibility index (Phi) is 11.2. The van der Waals surface area contributed by atoms with Gasteiger partial charge in [-0.15, -0.1) is 0 Å². The molecule has 11 heteroatoms. The van der Waals surface area contributed by atoms with Gasteiger partial charge in [-0.3, -0.25) is 13.9 Å². The Morgan fingerprint density at radius 2 is 1.68 bits per heavy atom. The first kappa shape index (κ1) is 31.3. The summed E-state index contributed by atoms with van der Waals surface area (Å²) in [6.07, 6.45) is 1.04. The largest absolute Gasteiger partial charge is 0.497 e. The van der Waals surface area contributed by atoms with Gasteiger partial charge in [0.2, 0.25) is 11.8 Å². The second-order valence-corrected chi connectivity index (χ2v) is 11.6. The van der Waals surface area contributed by atoms with Gasteiger partial charge in [-0.05, 0) is 54.8 Å². The molecule has 0 aliphatic carbocycles. The molecule has 8 nitrogen and oxygen atoms in total. The maximum atomic E-state index is 14.1. The van der Waals surface area contributed by atoms with Crippen LogP contribution >= 0.6 is 23.2 Å². The molecule has 3 rings (SSSR count). The summed E-state index contributed by atoms with van der Waals surface area (Å²) >= 11 is 12.7. The minimum absolute atomic E-state index is 0.0106. The molecule has 0 saturated carbocycles. The van der Waals surface area contributed by atoms with Gasteiger partial charge in [0.25, 0.3) is 10.0 Å².